The molecule has 2 heterocycles. The third kappa shape index (κ3) is 4.41. The normalized spacial score (nSPS) is 17.0. The Morgan fingerprint density at radius 2 is 2.03 bits per heavy atom. The Bertz CT molecular complexity index is 1130. The number of amides is 2. The summed E-state index contributed by atoms with van der Waals surface area (Å²) >= 11 is 0. The van der Waals surface area contributed by atoms with E-state index >= 15 is 0 Å². The number of aryl methyl sites for hydroxylation is 1. The molecule has 0 bridgehead atoms. The lowest BCUT2D eigenvalue weighted by atomic mass is 10.1. The zero-order chi connectivity index (χ0) is 22.0. The molecule has 0 aliphatic carbocycles. The van der Waals surface area contributed by atoms with Gasteiger partial charge in [-0.15, -0.1) is 0 Å². The van der Waals surface area contributed by atoms with Crippen molar-refractivity contribution >= 4 is 22.8 Å². The Morgan fingerprint density at radius 1 is 1.23 bits per heavy atom. The highest BCUT2D eigenvalue weighted by atomic mass is 19.2. The number of hydrogen-bond acceptors (Lipinski definition) is 4. The predicted molar refractivity (Wildman–Crippen MR) is 111 cm³/mol. The number of aromatic nitrogens is 2. The summed E-state index contributed by atoms with van der Waals surface area (Å²) in [5, 5.41) is 5.55. The number of nitrogens with one attached hydrogen (secondary N) is 2. The van der Waals surface area contributed by atoms with Gasteiger partial charge in [-0.25, -0.2) is 13.8 Å². The van der Waals surface area contributed by atoms with Crippen molar-refractivity contribution in [2.75, 3.05) is 13.1 Å². The van der Waals surface area contributed by atoms with E-state index < -0.39 is 17.7 Å². The Hall–Kier alpha value is -3.33. The van der Waals surface area contributed by atoms with Crippen LogP contribution in [0.1, 0.15) is 17.8 Å². The number of carbonyl (C=O) groups excluding carboxylic acids is 2. The van der Waals surface area contributed by atoms with Gasteiger partial charge >= 0.3 is 0 Å². The number of piperazine rings is 1. The third-order valence-corrected chi connectivity index (χ3v) is 5.55. The van der Waals surface area contributed by atoms with Gasteiger partial charge in [-0.2, -0.15) is 0 Å². The Balaban J connectivity index is 1.42. The van der Waals surface area contributed by atoms with Crippen LogP contribution in [0.5, 0.6) is 0 Å². The highest BCUT2D eigenvalue weighted by molar-refractivity contribution is 5.88. The average molecular weight is 427 g/mol. The topological polar surface area (TPSA) is 79.3 Å². The number of para-hydroxylation sites is 2. The van der Waals surface area contributed by atoms with Crippen molar-refractivity contribution in [3.63, 3.8) is 0 Å². The molecular weight excluding hydrogens is 404 g/mol. The minimum Gasteiger partial charge on any atom is -0.353 e. The van der Waals surface area contributed by atoms with Gasteiger partial charge in [-0.05, 0) is 18.2 Å². The van der Waals surface area contributed by atoms with Crippen LogP contribution < -0.4 is 10.6 Å². The highest BCUT2D eigenvalue weighted by Crippen LogP contribution is 2.18. The SMILES string of the molecule is Cn1c(CNC(=O)C[C@@H]2C(=O)NCCN2Cc2cccc(F)c2F)nc2ccccc21. The van der Waals surface area contributed by atoms with Gasteiger partial charge in [0, 0.05) is 32.2 Å². The molecule has 9 heteroatoms. The van der Waals surface area contributed by atoms with Crippen molar-refractivity contribution < 1.29 is 18.4 Å². The zero-order valence-corrected chi connectivity index (χ0v) is 17.1. The molecule has 162 valence electrons. The van der Waals surface area contributed by atoms with Crippen molar-refractivity contribution in [1.29, 1.82) is 0 Å². The number of imidazole rings is 1. The number of benzene rings is 2. The molecule has 31 heavy (non-hydrogen) atoms. The largest absolute Gasteiger partial charge is 0.353 e. The van der Waals surface area contributed by atoms with Crippen LogP contribution in [0, 0.1) is 11.6 Å². The van der Waals surface area contributed by atoms with Crippen LogP contribution in [0.2, 0.25) is 0 Å². The first kappa shape index (κ1) is 20.9. The van der Waals surface area contributed by atoms with Crippen molar-refractivity contribution in [2.24, 2.45) is 7.05 Å². The van der Waals surface area contributed by atoms with Gasteiger partial charge in [0.15, 0.2) is 11.6 Å². The molecule has 1 aliphatic rings. The van der Waals surface area contributed by atoms with Crippen LogP contribution in [0.15, 0.2) is 42.5 Å². The smallest absolute Gasteiger partial charge is 0.237 e. The minimum atomic E-state index is -0.935. The summed E-state index contributed by atoms with van der Waals surface area (Å²) in [4.78, 5) is 31.2. The van der Waals surface area contributed by atoms with E-state index in [4.69, 9.17) is 0 Å². The zero-order valence-electron chi connectivity index (χ0n) is 17.1. The molecule has 1 fully saturated rings. The molecule has 0 unspecified atom stereocenters. The van der Waals surface area contributed by atoms with Gasteiger partial charge < -0.3 is 15.2 Å². The molecule has 0 saturated carbocycles. The standard InChI is InChI=1S/C22H23F2N5O2/c1-28-17-8-3-2-7-16(17)27-19(28)12-26-20(30)11-18-22(31)25-9-10-29(18)13-14-5-4-6-15(23)21(14)24/h2-8,18H,9-13H2,1H3,(H,25,31)(H,26,30)/t18-/m1/s1. The van der Waals surface area contributed by atoms with Crippen LogP contribution in [-0.2, 0) is 29.7 Å². The summed E-state index contributed by atoms with van der Waals surface area (Å²) in [5.74, 6) is -1.80. The van der Waals surface area contributed by atoms with Crippen molar-refractivity contribution in [1.82, 2.24) is 25.1 Å². The van der Waals surface area contributed by atoms with E-state index in [0.717, 1.165) is 17.1 Å². The summed E-state index contributed by atoms with van der Waals surface area (Å²) in [6, 6.07) is 10.9. The minimum absolute atomic E-state index is 0.0414. The summed E-state index contributed by atoms with van der Waals surface area (Å²) < 4.78 is 29.5. The first-order valence-electron chi connectivity index (χ1n) is 10.1. The fourth-order valence-electron chi connectivity index (χ4n) is 3.84. The summed E-state index contributed by atoms with van der Waals surface area (Å²) in [6.45, 7) is 1.08. The fourth-order valence-corrected chi connectivity index (χ4v) is 3.84. The molecule has 0 spiro atoms. The summed E-state index contributed by atoms with van der Waals surface area (Å²) in [5.41, 5.74) is 1.95. The van der Waals surface area contributed by atoms with E-state index in [1.54, 1.807) is 4.90 Å². The maximum atomic E-state index is 14.1. The van der Waals surface area contributed by atoms with Gasteiger partial charge in [0.1, 0.15) is 5.82 Å². The van der Waals surface area contributed by atoms with E-state index in [9.17, 15) is 18.4 Å². The lowest BCUT2D eigenvalue weighted by molar-refractivity contribution is -0.134. The maximum absolute atomic E-state index is 14.1. The number of rotatable bonds is 6. The van der Waals surface area contributed by atoms with Gasteiger partial charge in [-0.1, -0.05) is 24.3 Å². The van der Waals surface area contributed by atoms with E-state index in [-0.39, 0.29) is 36.9 Å². The number of fused-ring (bicyclic) bond motifs is 1. The molecule has 1 aromatic heterocycles. The summed E-state index contributed by atoms with van der Waals surface area (Å²) in [7, 11) is 1.88. The molecule has 2 aromatic carbocycles. The third-order valence-electron chi connectivity index (χ3n) is 5.55. The summed E-state index contributed by atoms with van der Waals surface area (Å²) in [6.07, 6.45) is -0.0906. The second kappa shape index (κ2) is 8.81. The van der Waals surface area contributed by atoms with Gasteiger partial charge in [0.2, 0.25) is 11.8 Å². The van der Waals surface area contributed by atoms with Crippen LogP contribution >= 0.6 is 0 Å². The number of nitrogens with zero attached hydrogens (tertiary/aromatic N) is 3. The molecular formula is C22H23F2N5O2. The quantitative estimate of drug-likeness (QED) is 0.630. The number of halogens is 2. The lowest BCUT2D eigenvalue weighted by Gasteiger charge is -2.34. The lowest BCUT2D eigenvalue weighted by Crippen LogP contribution is -2.56. The molecule has 1 saturated heterocycles. The van der Waals surface area contributed by atoms with E-state index in [1.165, 1.54) is 12.1 Å². The molecule has 7 nitrogen and oxygen atoms in total. The molecule has 0 radical (unpaired) electrons. The van der Waals surface area contributed by atoms with Gasteiger partial charge in [0.25, 0.3) is 0 Å². The predicted octanol–water partition coefficient (Wildman–Crippen LogP) is 1.86. The second-order valence-corrected chi connectivity index (χ2v) is 7.55. The fraction of sp³-hybridized carbons (Fsp3) is 0.318. The monoisotopic (exact) mass is 427 g/mol. The van der Waals surface area contributed by atoms with E-state index in [1.807, 2.05) is 35.9 Å². The average Bonchev–Trinajstić information content (AvgIpc) is 3.08. The first-order chi connectivity index (χ1) is 14.9. The van der Waals surface area contributed by atoms with Crippen LogP contribution in [0.25, 0.3) is 11.0 Å². The molecule has 1 atom stereocenters. The van der Waals surface area contributed by atoms with Crippen molar-refractivity contribution in [3.05, 3.63) is 65.5 Å². The molecule has 1 aliphatic heterocycles. The van der Waals surface area contributed by atoms with Gasteiger partial charge in [-0.3, -0.25) is 14.5 Å². The maximum Gasteiger partial charge on any atom is 0.237 e. The van der Waals surface area contributed by atoms with Crippen LogP contribution in [-0.4, -0.2) is 45.4 Å². The Labute approximate surface area is 178 Å². The van der Waals surface area contributed by atoms with Crippen LogP contribution in [0.4, 0.5) is 8.78 Å². The van der Waals surface area contributed by atoms with E-state index in [2.05, 4.69) is 15.6 Å². The molecule has 2 amide bonds. The van der Waals surface area contributed by atoms with Crippen molar-refractivity contribution in [2.45, 2.75) is 25.6 Å². The molecule has 4 rings (SSSR count). The first-order valence-corrected chi connectivity index (χ1v) is 10.1. The Kier molecular flexibility index (Phi) is 5.94. The number of carbonyl (C=O) groups is 2. The number of hydrogen-bond donors (Lipinski definition) is 2. The van der Waals surface area contributed by atoms with Gasteiger partial charge in [0.05, 0.1) is 30.0 Å². The van der Waals surface area contributed by atoms with E-state index in [0.29, 0.717) is 18.9 Å². The highest BCUT2D eigenvalue weighted by Gasteiger charge is 2.32. The Morgan fingerprint density at radius 3 is 2.84 bits per heavy atom. The second-order valence-electron chi connectivity index (χ2n) is 7.55. The molecule has 3 aromatic rings. The van der Waals surface area contributed by atoms with Crippen LogP contribution in [0.3, 0.4) is 0 Å². The van der Waals surface area contributed by atoms with Crippen molar-refractivity contribution in [3.8, 4) is 0 Å². The molecule has 2 N–H and O–H groups in total.